The first kappa shape index (κ1) is 12.9. The summed E-state index contributed by atoms with van der Waals surface area (Å²) in [4.78, 5) is 0. The first-order valence-electron chi connectivity index (χ1n) is 5.43. The van der Waals surface area contributed by atoms with Crippen molar-refractivity contribution in [2.75, 3.05) is 19.6 Å². The molecule has 0 aliphatic heterocycles. The molecule has 0 aromatic carbocycles. The van der Waals surface area contributed by atoms with E-state index in [0.717, 1.165) is 32.5 Å². The molecule has 3 nitrogen and oxygen atoms in total. The number of rotatable bonds is 9. The highest BCUT2D eigenvalue weighted by Gasteiger charge is 1.93. The Kier molecular flexibility index (Phi) is 9.87. The number of unbranched alkanes of at least 4 members (excludes halogenated alkanes) is 2. The molecule has 0 unspecified atom stereocenters. The van der Waals surface area contributed by atoms with E-state index >= 15 is 0 Å². The maximum absolute atomic E-state index is 5.63. The van der Waals surface area contributed by atoms with Crippen LogP contribution in [0.3, 0.4) is 0 Å². The molecule has 1 atom stereocenters. The van der Waals surface area contributed by atoms with E-state index in [-0.39, 0.29) is 0 Å². The summed E-state index contributed by atoms with van der Waals surface area (Å²) in [5, 5.41) is 3.40. The Morgan fingerprint density at radius 3 is 2.38 bits per heavy atom. The van der Waals surface area contributed by atoms with Crippen LogP contribution in [0.2, 0.25) is 0 Å². The van der Waals surface area contributed by atoms with Crippen LogP contribution in [0.1, 0.15) is 39.0 Å². The average molecular weight is 187 g/mol. The second-order valence-corrected chi connectivity index (χ2v) is 3.72. The van der Waals surface area contributed by atoms with Crippen molar-refractivity contribution in [1.82, 2.24) is 5.32 Å². The molecule has 13 heavy (non-hydrogen) atoms. The number of hydrogen-bond donors (Lipinski definition) is 3. The molecule has 0 saturated heterocycles. The third-order valence-electron chi connectivity index (χ3n) is 2.07. The van der Waals surface area contributed by atoms with E-state index in [0.29, 0.717) is 6.04 Å². The number of hydrogen-bond acceptors (Lipinski definition) is 3. The molecular formula is C10H25N3. The first-order valence-corrected chi connectivity index (χ1v) is 5.43. The molecule has 3 heteroatoms. The van der Waals surface area contributed by atoms with E-state index in [4.69, 9.17) is 11.5 Å². The topological polar surface area (TPSA) is 64.1 Å². The second-order valence-electron chi connectivity index (χ2n) is 3.72. The zero-order valence-electron chi connectivity index (χ0n) is 8.89. The molecule has 0 aromatic rings. The van der Waals surface area contributed by atoms with E-state index in [1.807, 2.05) is 0 Å². The van der Waals surface area contributed by atoms with Gasteiger partial charge in [0.25, 0.3) is 0 Å². The zero-order valence-corrected chi connectivity index (χ0v) is 8.89. The van der Waals surface area contributed by atoms with Gasteiger partial charge in [-0.15, -0.1) is 0 Å². The van der Waals surface area contributed by atoms with Crippen LogP contribution in [-0.2, 0) is 0 Å². The average Bonchev–Trinajstić information content (AvgIpc) is 2.09. The summed E-state index contributed by atoms with van der Waals surface area (Å²) in [6.45, 7) is 5.11. The van der Waals surface area contributed by atoms with Crippen molar-refractivity contribution < 1.29 is 0 Å². The van der Waals surface area contributed by atoms with Crippen molar-refractivity contribution in [2.45, 2.75) is 45.1 Å². The Bertz CT molecular complexity index is 94.2. The highest BCUT2D eigenvalue weighted by molar-refractivity contribution is 4.55. The van der Waals surface area contributed by atoms with E-state index in [1.165, 1.54) is 19.3 Å². The normalized spacial score (nSPS) is 13.2. The summed E-state index contributed by atoms with van der Waals surface area (Å²) in [6.07, 6.45) is 5.96. The van der Waals surface area contributed by atoms with Crippen LogP contribution in [-0.4, -0.2) is 25.7 Å². The van der Waals surface area contributed by atoms with Crippen molar-refractivity contribution in [3.63, 3.8) is 0 Å². The van der Waals surface area contributed by atoms with Gasteiger partial charge in [-0.3, -0.25) is 0 Å². The number of nitrogens with two attached hydrogens (primary N) is 2. The lowest BCUT2D eigenvalue weighted by Gasteiger charge is -2.06. The molecule has 0 amide bonds. The van der Waals surface area contributed by atoms with Gasteiger partial charge in [-0.1, -0.05) is 6.42 Å². The summed E-state index contributed by atoms with van der Waals surface area (Å²) in [7, 11) is 0. The summed E-state index contributed by atoms with van der Waals surface area (Å²) in [5.41, 5.74) is 11.0. The molecule has 0 rings (SSSR count). The SMILES string of the molecule is C[C@@H](N)CCCNCCCCCN. The summed E-state index contributed by atoms with van der Waals surface area (Å²) < 4.78 is 0. The van der Waals surface area contributed by atoms with E-state index in [1.54, 1.807) is 0 Å². The van der Waals surface area contributed by atoms with Gasteiger partial charge < -0.3 is 16.8 Å². The lowest BCUT2D eigenvalue weighted by molar-refractivity contribution is 0.554. The predicted octanol–water partition coefficient (Wildman–Crippen LogP) is 0.832. The lowest BCUT2D eigenvalue weighted by Crippen LogP contribution is -2.20. The highest BCUT2D eigenvalue weighted by atomic mass is 14.8. The monoisotopic (exact) mass is 187 g/mol. The van der Waals surface area contributed by atoms with E-state index < -0.39 is 0 Å². The van der Waals surface area contributed by atoms with Crippen LogP contribution in [0.25, 0.3) is 0 Å². The fraction of sp³-hybridized carbons (Fsp3) is 1.00. The molecule has 0 fully saturated rings. The standard InChI is InChI=1S/C10H25N3/c1-10(12)6-5-9-13-8-4-2-3-7-11/h10,13H,2-9,11-12H2,1H3/t10-/m1/s1. The van der Waals surface area contributed by atoms with Crippen LogP contribution in [0.15, 0.2) is 0 Å². The van der Waals surface area contributed by atoms with Gasteiger partial charge in [-0.2, -0.15) is 0 Å². The van der Waals surface area contributed by atoms with Gasteiger partial charge in [0.05, 0.1) is 0 Å². The molecule has 0 radical (unpaired) electrons. The largest absolute Gasteiger partial charge is 0.330 e. The molecule has 0 aliphatic carbocycles. The minimum absolute atomic E-state index is 0.346. The Labute approximate surface area is 82.3 Å². The minimum Gasteiger partial charge on any atom is -0.330 e. The number of nitrogens with one attached hydrogen (secondary N) is 1. The molecule has 0 bridgehead atoms. The van der Waals surface area contributed by atoms with Crippen LogP contribution < -0.4 is 16.8 Å². The van der Waals surface area contributed by atoms with Gasteiger partial charge in [0, 0.05) is 6.04 Å². The molecule has 0 heterocycles. The highest BCUT2D eigenvalue weighted by Crippen LogP contribution is 1.93. The molecule has 0 aliphatic rings. The van der Waals surface area contributed by atoms with Crippen molar-refractivity contribution in [2.24, 2.45) is 11.5 Å². The van der Waals surface area contributed by atoms with Gasteiger partial charge in [-0.05, 0) is 52.2 Å². The fourth-order valence-electron chi connectivity index (χ4n) is 1.25. The van der Waals surface area contributed by atoms with E-state index in [9.17, 15) is 0 Å². The second kappa shape index (κ2) is 9.96. The van der Waals surface area contributed by atoms with Crippen molar-refractivity contribution in [3.8, 4) is 0 Å². The Balaban J connectivity index is 2.84. The minimum atomic E-state index is 0.346. The Morgan fingerprint density at radius 1 is 1.08 bits per heavy atom. The molecule has 80 valence electrons. The molecule has 0 saturated carbocycles. The Hall–Kier alpha value is -0.120. The predicted molar refractivity (Wildman–Crippen MR) is 58.7 cm³/mol. The van der Waals surface area contributed by atoms with Crippen LogP contribution >= 0.6 is 0 Å². The van der Waals surface area contributed by atoms with Gasteiger partial charge in [0.15, 0.2) is 0 Å². The van der Waals surface area contributed by atoms with Crippen LogP contribution in [0.4, 0.5) is 0 Å². The quantitative estimate of drug-likeness (QED) is 0.469. The van der Waals surface area contributed by atoms with Crippen molar-refractivity contribution >= 4 is 0 Å². The zero-order chi connectivity index (χ0) is 9.94. The maximum Gasteiger partial charge on any atom is 0.00109 e. The van der Waals surface area contributed by atoms with Gasteiger partial charge in [0.1, 0.15) is 0 Å². The summed E-state index contributed by atoms with van der Waals surface area (Å²) in [6, 6.07) is 0.346. The van der Waals surface area contributed by atoms with E-state index in [2.05, 4.69) is 12.2 Å². The van der Waals surface area contributed by atoms with Crippen molar-refractivity contribution in [1.29, 1.82) is 0 Å². The fourth-order valence-corrected chi connectivity index (χ4v) is 1.25. The third kappa shape index (κ3) is 11.9. The van der Waals surface area contributed by atoms with Crippen LogP contribution in [0, 0.1) is 0 Å². The lowest BCUT2D eigenvalue weighted by atomic mass is 10.2. The van der Waals surface area contributed by atoms with Crippen molar-refractivity contribution in [3.05, 3.63) is 0 Å². The molecular weight excluding hydrogens is 162 g/mol. The van der Waals surface area contributed by atoms with Gasteiger partial charge >= 0.3 is 0 Å². The summed E-state index contributed by atoms with van der Waals surface area (Å²) in [5.74, 6) is 0. The first-order chi connectivity index (χ1) is 6.27. The maximum atomic E-state index is 5.63. The molecule has 0 aromatic heterocycles. The Morgan fingerprint density at radius 2 is 1.77 bits per heavy atom. The summed E-state index contributed by atoms with van der Waals surface area (Å²) >= 11 is 0. The third-order valence-corrected chi connectivity index (χ3v) is 2.07. The molecule has 5 N–H and O–H groups in total. The van der Waals surface area contributed by atoms with Gasteiger partial charge in [-0.25, -0.2) is 0 Å². The molecule has 0 spiro atoms. The van der Waals surface area contributed by atoms with Gasteiger partial charge in [0.2, 0.25) is 0 Å². The smallest absolute Gasteiger partial charge is 0.00109 e. The van der Waals surface area contributed by atoms with Crippen LogP contribution in [0.5, 0.6) is 0 Å².